The molecule has 0 rings (SSSR count). The molecule has 0 aliphatic rings. The smallest absolute Gasteiger partial charge is 0.463 e. The first-order chi connectivity index (χ1) is 52.2. The Hall–Kier alpha value is -4.31. The van der Waals surface area contributed by atoms with Crippen LogP contribution < -0.4 is 0 Å². The van der Waals surface area contributed by atoms with Crippen molar-refractivity contribution in [3.63, 3.8) is 0 Å². The van der Waals surface area contributed by atoms with Gasteiger partial charge in [-0.25, -0.2) is 9.13 Å². The van der Waals surface area contributed by atoms with Crippen LogP contribution in [0.25, 0.3) is 0 Å². The first-order valence-corrected chi connectivity index (χ1v) is 45.5. The van der Waals surface area contributed by atoms with Crippen LogP contribution in [0.1, 0.15) is 355 Å². The molecule has 4 N–H and O–H groups in total. The van der Waals surface area contributed by atoms with E-state index >= 15 is 0 Å². The van der Waals surface area contributed by atoms with Crippen LogP contribution in [-0.2, 0) is 55.8 Å². The standard InChI is InChI=1S/C89H154O16P2/c1-4-7-10-13-16-19-22-25-28-30-32-34-36-38-39-40-41-42-43-45-47-48-50-52-55-57-60-63-66-69-72-75-87(92)99-78-84(90)79-101-106(95,96)102-80-85(91)81-103-107(97,98)104-83-86(105-89(94)77-74-71-68-65-62-59-54-27-24-21-18-15-12-9-6-3)82-100-88(93)76-73-70-67-64-61-58-56-53-51-49-46-44-37-35-33-31-29-26-23-20-17-14-11-8-5-2/h8,11,16-17,19-20,25-29,32-35,38-39,44,46,51,53-54,84-86,90-91H,4-7,9-10,12-15,18,21-24,30-31,36-37,40-43,45,47-50,52,55-83H2,1-3H3,(H,95,96)(H,97,98)/b11-8-,19-16-,20-17-,28-25-,29-26-,34-32-,35-33-,39-38-,46-44-,53-51-,54-27-. The summed E-state index contributed by atoms with van der Waals surface area (Å²) in [5.74, 6) is -1.59. The van der Waals surface area contributed by atoms with Gasteiger partial charge in [0.25, 0.3) is 0 Å². The molecule has 0 spiro atoms. The Kier molecular flexibility index (Phi) is 77.9. The lowest BCUT2D eigenvalue weighted by molar-refractivity contribution is -0.161. The lowest BCUT2D eigenvalue weighted by Gasteiger charge is -2.21. The molecular weight excluding hydrogens is 1390 g/mol. The fourth-order valence-electron chi connectivity index (χ4n) is 11.4. The minimum Gasteiger partial charge on any atom is -0.463 e. The highest BCUT2D eigenvalue weighted by molar-refractivity contribution is 7.47. The van der Waals surface area contributed by atoms with E-state index in [0.29, 0.717) is 19.3 Å². The van der Waals surface area contributed by atoms with Crippen LogP contribution in [0.2, 0.25) is 0 Å². The van der Waals surface area contributed by atoms with E-state index in [-0.39, 0.29) is 19.3 Å². The summed E-state index contributed by atoms with van der Waals surface area (Å²) in [6.07, 6.45) is 99.3. The van der Waals surface area contributed by atoms with Crippen molar-refractivity contribution in [2.75, 3.05) is 39.6 Å². The number of carbonyl (C=O) groups is 3. The van der Waals surface area contributed by atoms with Crippen LogP contribution in [-0.4, -0.2) is 95.9 Å². The van der Waals surface area contributed by atoms with Crippen LogP contribution in [0.5, 0.6) is 0 Å². The maximum Gasteiger partial charge on any atom is 0.472 e. The Morgan fingerprint density at radius 1 is 0.271 bits per heavy atom. The zero-order chi connectivity index (χ0) is 78.0. The predicted molar refractivity (Wildman–Crippen MR) is 445 cm³/mol. The average Bonchev–Trinajstić information content (AvgIpc) is 0.904. The number of phosphoric acid groups is 2. The number of aliphatic hydroxyl groups excluding tert-OH is 2. The molecule has 0 aliphatic heterocycles. The number of hydrogen-bond acceptors (Lipinski definition) is 14. The van der Waals surface area contributed by atoms with Crippen LogP contribution in [0.15, 0.2) is 134 Å². The van der Waals surface area contributed by atoms with Crippen molar-refractivity contribution in [2.24, 2.45) is 0 Å². The number of carbonyl (C=O) groups excluding carboxylic acids is 3. The second kappa shape index (κ2) is 81.2. The maximum absolute atomic E-state index is 13.0. The first-order valence-electron chi connectivity index (χ1n) is 42.5. The molecule has 0 bridgehead atoms. The molecule has 18 heteroatoms. The number of esters is 3. The van der Waals surface area contributed by atoms with Gasteiger partial charge in [-0.3, -0.25) is 32.5 Å². The summed E-state index contributed by atoms with van der Waals surface area (Å²) in [6.45, 7) is 2.54. The molecule has 616 valence electrons. The zero-order valence-corrected chi connectivity index (χ0v) is 69.3. The van der Waals surface area contributed by atoms with E-state index in [1.807, 2.05) is 0 Å². The Morgan fingerprint density at radius 3 is 0.813 bits per heavy atom. The number of rotatable bonds is 80. The summed E-state index contributed by atoms with van der Waals surface area (Å²) in [6, 6.07) is 0. The topological polar surface area (TPSA) is 231 Å². The maximum atomic E-state index is 13.0. The van der Waals surface area contributed by atoms with Gasteiger partial charge in [0.15, 0.2) is 6.10 Å². The van der Waals surface area contributed by atoms with Crippen molar-refractivity contribution in [3.05, 3.63) is 134 Å². The van der Waals surface area contributed by atoms with E-state index in [4.69, 9.17) is 32.3 Å². The van der Waals surface area contributed by atoms with Gasteiger partial charge in [0, 0.05) is 19.3 Å². The number of hydrogen-bond donors (Lipinski definition) is 4. The molecule has 0 saturated heterocycles. The number of unbranched alkanes of at least 4 members (excludes halogenated alkanes) is 35. The number of phosphoric ester groups is 2. The molecule has 0 amide bonds. The third kappa shape index (κ3) is 82.5. The Labute approximate surface area is 652 Å². The summed E-state index contributed by atoms with van der Waals surface area (Å²) in [5.41, 5.74) is 0. The quantitative estimate of drug-likeness (QED) is 0.0146. The van der Waals surface area contributed by atoms with Crippen LogP contribution in [0.3, 0.4) is 0 Å². The van der Waals surface area contributed by atoms with Gasteiger partial charge in [-0.2, -0.15) is 0 Å². The van der Waals surface area contributed by atoms with E-state index in [1.54, 1.807) is 0 Å². The lowest BCUT2D eigenvalue weighted by atomic mass is 10.0. The van der Waals surface area contributed by atoms with Crippen molar-refractivity contribution in [1.29, 1.82) is 0 Å². The van der Waals surface area contributed by atoms with E-state index in [0.717, 1.165) is 154 Å². The Balaban J connectivity index is 4.52. The summed E-state index contributed by atoms with van der Waals surface area (Å²) >= 11 is 0. The molecule has 0 aliphatic carbocycles. The second-order valence-corrected chi connectivity index (χ2v) is 31.2. The van der Waals surface area contributed by atoms with Crippen LogP contribution in [0, 0.1) is 0 Å². The van der Waals surface area contributed by atoms with Crippen LogP contribution in [0.4, 0.5) is 0 Å². The van der Waals surface area contributed by atoms with Gasteiger partial charge >= 0.3 is 33.6 Å². The Morgan fingerprint density at radius 2 is 0.495 bits per heavy atom. The van der Waals surface area contributed by atoms with Crippen molar-refractivity contribution in [2.45, 2.75) is 373 Å². The minimum absolute atomic E-state index is 0.0891. The first kappa shape index (κ1) is 103. The third-order valence-corrected chi connectivity index (χ3v) is 19.7. The van der Waals surface area contributed by atoms with Gasteiger partial charge in [0.2, 0.25) is 0 Å². The van der Waals surface area contributed by atoms with Gasteiger partial charge in [-0.05, 0) is 141 Å². The highest BCUT2D eigenvalue weighted by atomic mass is 31.2. The molecule has 0 aromatic rings. The predicted octanol–water partition coefficient (Wildman–Crippen LogP) is 25.4. The molecule has 5 unspecified atom stereocenters. The van der Waals surface area contributed by atoms with E-state index in [1.165, 1.54) is 141 Å². The Bertz CT molecular complexity index is 2480. The number of aliphatic hydroxyl groups is 2. The van der Waals surface area contributed by atoms with Crippen molar-refractivity contribution >= 4 is 33.6 Å². The third-order valence-electron chi connectivity index (χ3n) is 17.8. The fraction of sp³-hybridized carbons (Fsp3) is 0.719. The monoisotopic (exact) mass is 1540 g/mol. The molecule has 5 atom stereocenters. The second-order valence-electron chi connectivity index (χ2n) is 28.2. The minimum atomic E-state index is -4.94. The molecule has 16 nitrogen and oxygen atoms in total. The summed E-state index contributed by atoms with van der Waals surface area (Å²) < 4.78 is 61.2. The molecule has 0 aromatic heterocycles. The summed E-state index contributed by atoms with van der Waals surface area (Å²) in [5, 5.41) is 20.7. The van der Waals surface area contributed by atoms with E-state index in [2.05, 4.69) is 154 Å². The molecule has 107 heavy (non-hydrogen) atoms. The number of allylic oxidation sites excluding steroid dienone is 22. The highest BCUT2D eigenvalue weighted by Crippen LogP contribution is 2.45. The largest absolute Gasteiger partial charge is 0.472 e. The zero-order valence-electron chi connectivity index (χ0n) is 67.5. The van der Waals surface area contributed by atoms with Crippen LogP contribution >= 0.6 is 15.6 Å². The number of ether oxygens (including phenoxy) is 3. The van der Waals surface area contributed by atoms with E-state index < -0.39 is 91.5 Å². The molecule has 0 saturated carbocycles. The molecule has 0 heterocycles. The summed E-state index contributed by atoms with van der Waals surface area (Å²) in [7, 11) is -9.80. The van der Waals surface area contributed by atoms with E-state index in [9.17, 15) is 43.5 Å². The van der Waals surface area contributed by atoms with Gasteiger partial charge in [-0.15, -0.1) is 0 Å². The summed E-state index contributed by atoms with van der Waals surface area (Å²) in [4.78, 5) is 58.8. The van der Waals surface area contributed by atoms with Gasteiger partial charge in [0.05, 0.1) is 26.4 Å². The fourth-order valence-corrected chi connectivity index (χ4v) is 13.0. The lowest BCUT2D eigenvalue weighted by Crippen LogP contribution is -2.30. The molecule has 0 radical (unpaired) electrons. The van der Waals surface area contributed by atoms with Crippen molar-refractivity contribution in [3.8, 4) is 0 Å². The molecular formula is C89H154O16P2. The van der Waals surface area contributed by atoms with Gasteiger partial charge in [-0.1, -0.05) is 328 Å². The SMILES string of the molecule is CC/C=C\C/C=C\C/C=C\C/C=C\C/C=C\C/C=C\CCCCCCCCC(=O)OCC(COP(=O)(O)OCC(O)COP(=O)(O)OCC(O)COC(=O)CCCCCCCCCCCCCCCCC/C=C\C/C=C\C/C=C\C/C=C\CCCCC)OC(=O)CCCCCCC/C=C\CCCCCCCC. The van der Waals surface area contributed by atoms with Crippen molar-refractivity contribution < 1.29 is 75.8 Å². The molecule has 0 fully saturated rings. The van der Waals surface area contributed by atoms with Gasteiger partial charge in [0.1, 0.15) is 25.4 Å². The highest BCUT2D eigenvalue weighted by Gasteiger charge is 2.29. The van der Waals surface area contributed by atoms with Gasteiger partial charge < -0.3 is 34.2 Å². The van der Waals surface area contributed by atoms with Crippen molar-refractivity contribution in [1.82, 2.24) is 0 Å². The average molecular weight is 1540 g/mol. The normalized spacial score (nSPS) is 14.6. The molecule has 0 aromatic carbocycles.